The van der Waals surface area contributed by atoms with Gasteiger partial charge in [0, 0.05) is 29.7 Å². The largest absolute Gasteiger partial charge is 0.368 e. The zero-order valence-corrected chi connectivity index (χ0v) is 15.7. The van der Waals surface area contributed by atoms with Crippen molar-refractivity contribution in [3.05, 3.63) is 35.7 Å². The van der Waals surface area contributed by atoms with Crippen LogP contribution in [0.5, 0.6) is 0 Å². The molecular formula is C19H22N6O2. The summed E-state index contributed by atoms with van der Waals surface area (Å²) in [6.07, 6.45) is 7.29. The van der Waals surface area contributed by atoms with Crippen LogP contribution in [0.4, 0.5) is 0 Å². The predicted octanol–water partition coefficient (Wildman–Crippen LogP) is 3.18. The Morgan fingerprint density at radius 3 is 2.96 bits per heavy atom. The maximum absolute atomic E-state index is 6.14. The normalized spacial score (nSPS) is 21.4. The Hall–Kier alpha value is -2.61. The van der Waals surface area contributed by atoms with E-state index in [1.807, 2.05) is 10.7 Å². The van der Waals surface area contributed by atoms with E-state index < -0.39 is 0 Å². The van der Waals surface area contributed by atoms with Gasteiger partial charge in [0.15, 0.2) is 17.3 Å². The van der Waals surface area contributed by atoms with Gasteiger partial charge >= 0.3 is 0 Å². The molecule has 1 fully saturated rings. The van der Waals surface area contributed by atoms with Gasteiger partial charge < -0.3 is 9.26 Å². The third-order valence-corrected chi connectivity index (χ3v) is 5.77. The van der Waals surface area contributed by atoms with E-state index in [4.69, 9.17) is 14.4 Å². The average molecular weight is 366 g/mol. The summed E-state index contributed by atoms with van der Waals surface area (Å²) in [5.41, 5.74) is 2.79. The number of hydrogen-bond donors (Lipinski definition) is 0. The molecule has 1 saturated heterocycles. The average Bonchev–Trinajstić information content (AvgIpc) is 3.40. The number of hydrogen-bond acceptors (Lipinski definition) is 7. The van der Waals surface area contributed by atoms with Gasteiger partial charge in [-0.05, 0) is 19.3 Å². The first-order valence-corrected chi connectivity index (χ1v) is 9.45. The highest BCUT2D eigenvalue weighted by Crippen LogP contribution is 2.44. The van der Waals surface area contributed by atoms with Crippen molar-refractivity contribution < 1.29 is 9.26 Å². The van der Waals surface area contributed by atoms with Gasteiger partial charge in [-0.1, -0.05) is 25.9 Å². The van der Waals surface area contributed by atoms with E-state index in [-0.39, 0.29) is 17.6 Å². The van der Waals surface area contributed by atoms with Gasteiger partial charge in [-0.3, -0.25) is 0 Å². The van der Waals surface area contributed by atoms with Crippen LogP contribution in [0.25, 0.3) is 17.4 Å². The number of fused-ring (bicyclic) bond motifs is 4. The summed E-state index contributed by atoms with van der Waals surface area (Å²) in [6, 6.07) is 1.84. The van der Waals surface area contributed by atoms with Gasteiger partial charge in [-0.15, -0.1) is 0 Å². The molecule has 8 nitrogen and oxygen atoms in total. The van der Waals surface area contributed by atoms with Crippen LogP contribution in [0.15, 0.2) is 23.1 Å². The Balaban J connectivity index is 1.66. The maximum Gasteiger partial charge on any atom is 0.278 e. The first-order chi connectivity index (χ1) is 13.1. The number of aromatic nitrogens is 6. The molecule has 3 aromatic heterocycles. The second kappa shape index (κ2) is 5.95. The Labute approximate surface area is 157 Å². The molecule has 5 heterocycles. The van der Waals surface area contributed by atoms with Crippen LogP contribution in [0.2, 0.25) is 0 Å². The lowest BCUT2D eigenvalue weighted by Gasteiger charge is -2.22. The molecule has 0 aromatic carbocycles. The van der Waals surface area contributed by atoms with E-state index in [2.05, 4.69) is 40.9 Å². The van der Waals surface area contributed by atoms with Gasteiger partial charge in [0.2, 0.25) is 0 Å². The lowest BCUT2D eigenvalue weighted by molar-refractivity contribution is 0.0287. The Bertz CT molecular complexity index is 978. The van der Waals surface area contributed by atoms with Crippen molar-refractivity contribution in [1.82, 2.24) is 29.9 Å². The molecule has 5 rings (SSSR count). The summed E-state index contributed by atoms with van der Waals surface area (Å²) in [4.78, 5) is 13.1. The maximum atomic E-state index is 6.14. The summed E-state index contributed by atoms with van der Waals surface area (Å²) in [7, 11) is 0. The molecule has 0 spiro atoms. The van der Waals surface area contributed by atoms with E-state index in [0.29, 0.717) is 11.7 Å². The first kappa shape index (κ1) is 16.6. The second-order valence-corrected chi connectivity index (χ2v) is 7.88. The third-order valence-electron chi connectivity index (χ3n) is 5.77. The fraction of sp³-hybridized carbons (Fsp3) is 0.526. The molecule has 2 unspecified atom stereocenters. The van der Waals surface area contributed by atoms with E-state index in [1.165, 1.54) is 6.33 Å². The highest BCUT2D eigenvalue weighted by molar-refractivity contribution is 5.58. The molecular weight excluding hydrogens is 344 g/mol. The van der Waals surface area contributed by atoms with Crippen molar-refractivity contribution in [3.63, 3.8) is 0 Å². The van der Waals surface area contributed by atoms with Gasteiger partial charge in [0.05, 0.1) is 11.8 Å². The third kappa shape index (κ3) is 2.58. The van der Waals surface area contributed by atoms with Crippen LogP contribution < -0.4 is 0 Å². The van der Waals surface area contributed by atoms with Crippen molar-refractivity contribution >= 4 is 0 Å². The minimum atomic E-state index is -0.140. The van der Waals surface area contributed by atoms with E-state index in [9.17, 15) is 0 Å². The van der Waals surface area contributed by atoms with Gasteiger partial charge in [-0.2, -0.15) is 10.1 Å². The van der Waals surface area contributed by atoms with Gasteiger partial charge in [0.1, 0.15) is 12.4 Å². The number of rotatable bonds is 4. The van der Waals surface area contributed by atoms with Crippen LogP contribution in [-0.4, -0.2) is 36.0 Å². The molecule has 2 aliphatic heterocycles. The Kier molecular flexibility index (Phi) is 3.65. The van der Waals surface area contributed by atoms with Gasteiger partial charge in [-0.25, -0.2) is 14.6 Å². The van der Waals surface area contributed by atoms with E-state index >= 15 is 0 Å². The van der Waals surface area contributed by atoms with Crippen molar-refractivity contribution in [2.45, 2.75) is 64.1 Å². The summed E-state index contributed by atoms with van der Waals surface area (Å²) in [5.74, 6) is 1.90. The van der Waals surface area contributed by atoms with Crippen LogP contribution in [0.3, 0.4) is 0 Å². The minimum absolute atomic E-state index is 0.0319. The molecule has 0 aliphatic carbocycles. The molecule has 0 radical (unpaired) electrons. The monoisotopic (exact) mass is 366 g/mol. The SMILES string of the molecule is CCC(C)(C)c1noc(-c2nn(-c3ccncn3)c3c2CC2CCC3O2)n1. The topological polar surface area (TPSA) is 91.8 Å². The Morgan fingerprint density at radius 1 is 1.30 bits per heavy atom. The molecule has 2 aliphatic rings. The summed E-state index contributed by atoms with van der Waals surface area (Å²) in [6.45, 7) is 6.35. The summed E-state index contributed by atoms with van der Waals surface area (Å²) >= 11 is 0. The molecule has 3 aromatic rings. The van der Waals surface area contributed by atoms with Crippen molar-refractivity contribution in [1.29, 1.82) is 0 Å². The zero-order valence-electron chi connectivity index (χ0n) is 15.7. The fourth-order valence-electron chi connectivity index (χ4n) is 3.79. The molecule has 0 saturated carbocycles. The van der Waals surface area contributed by atoms with E-state index in [1.54, 1.807) is 6.20 Å². The highest BCUT2D eigenvalue weighted by atomic mass is 16.5. The quantitative estimate of drug-likeness (QED) is 0.700. The van der Waals surface area contributed by atoms with Gasteiger partial charge in [0.25, 0.3) is 5.89 Å². The summed E-state index contributed by atoms with van der Waals surface area (Å²) < 4.78 is 13.6. The fourth-order valence-corrected chi connectivity index (χ4v) is 3.79. The number of nitrogens with zero attached hydrogens (tertiary/aromatic N) is 6. The molecule has 2 bridgehead atoms. The molecule has 140 valence electrons. The molecule has 0 amide bonds. The first-order valence-electron chi connectivity index (χ1n) is 9.45. The molecule has 2 atom stereocenters. The second-order valence-electron chi connectivity index (χ2n) is 7.88. The van der Waals surface area contributed by atoms with Crippen molar-refractivity contribution in [2.24, 2.45) is 0 Å². The van der Waals surface area contributed by atoms with Crippen LogP contribution in [0, 0.1) is 0 Å². The molecule has 8 heteroatoms. The zero-order chi connectivity index (χ0) is 18.6. The minimum Gasteiger partial charge on any atom is -0.368 e. The smallest absolute Gasteiger partial charge is 0.278 e. The predicted molar refractivity (Wildman–Crippen MR) is 96.3 cm³/mol. The standard InChI is InChI=1S/C19H22N6O2/c1-4-19(2,3)18-22-17(27-24-18)15-12-9-11-5-6-13(26-11)16(12)25(23-15)14-7-8-20-10-21-14/h7-8,10-11,13H,4-6,9H2,1-3H3. The Morgan fingerprint density at radius 2 is 2.19 bits per heavy atom. The summed E-state index contributed by atoms with van der Waals surface area (Å²) in [5, 5.41) is 9.05. The highest BCUT2D eigenvalue weighted by Gasteiger charge is 2.40. The van der Waals surface area contributed by atoms with Crippen LogP contribution in [0.1, 0.15) is 63.2 Å². The van der Waals surface area contributed by atoms with Crippen LogP contribution >= 0.6 is 0 Å². The van der Waals surface area contributed by atoms with Crippen LogP contribution in [-0.2, 0) is 16.6 Å². The van der Waals surface area contributed by atoms with Crippen molar-refractivity contribution in [3.8, 4) is 17.4 Å². The lowest BCUT2D eigenvalue weighted by Crippen LogP contribution is -2.19. The van der Waals surface area contributed by atoms with E-state index in [0.717, 1.165) is 48.5 Å². The van der Waals surface area contributed by atoms with Crippen molar-refractivity contribution in [2.75, 3.05) is 0 Å². The molecule has 0 N–H and O–H groups in total. The molecule has 27 heavy (non-hydrogen) atoms. The number of ether oxygens (including phenoxy) is 1. The lowest BCUT2D eigenvalue weighted by atomic mass is 9.89.